The first kappa shape index (κ1) is 28.3. The lowest BCUT2D eigenvalue weighted by atomic mass is 10.1. The molecule has 0 aliphatic carbocycles. The highest BCUT2D eigenvalue weighted by atomic mass is 32.2. The number of carbonyl (C=O) groups excluding carboxylic acids is 2. The lowest BCUT2D eigenvalue weighted by Gasteiger charge is -2.29. The van der Waals surface area contributed by atoms with Crippen LogP contribution in [0.4, 0.5) is 10.1 Å². The van der Waals surface area contributed by atoms with Gasteiger partial charge in [-0.15, -0.1) is 0 Å². The minimum atomic E-state index is -3.54. The van der Waals surface area contributed by atoms with E-state index in [0.29, 0.717) is 17.8 Å². The van der Waals surface area contributed by atoms with Gasteiger partial charge in [0.05, 0.1) is 11.9 Å². The number of hydrogen-bond donors (Lipinski definition) is 1. The molecule has 0 saturated carbocycles. The number of rotatable bonds is 13. The molecule has 0 aromatic heterocycles. The maximum atomic E-state index is 13.3. The molecule has 0 saturated heterocycles. The number of aryl methyl sites for hydroxylation is 1. The van der Waals surface area contributed by atoms with E-state index in [1.165, 1.54) is 21.3 Å². The van der Waals surface area contributed by atoms with Crippen LogP contribution in [0, 0.1) is 5.82 Å². The molecule has 0 radical (unpaired) electrons. The third-order valence-corrected chi connectivity index (χ3v) is 6.96. The van der Waals surface area contributed by atoms with Gasteiger partial charge in [0, 0.05) is 26.1 Å². The maximum absolute atomic E-state index is 13.3. The molecule has 1 atom stereocenters. The van der Waals surface area contributed by atoms with Crippen LogP contribution in [0.2, 0.25) is 0 Å². The summed E-state index contributed by atoms with van der Waals surface area (Å²) in [6.45, 7) is 6.41. The predicted molar refractivity (Wildman–Crippen MR) is 137 cm³/mol. The van der Waals surface area contributed by atoms with Crippen LogP contribution in [-0.2, 0) is 32.6 Å². The van der Waals surface area contributed by atoms with Gasteiger partial charge in [-0.25, -0.2) is 12.8 Å². The van der Waals surface area contributed by atoms with Gasteiger partial charge >= 0.3 is 0 Å². The van der Waals surface area contributed by atoms with Crippen molar-refractivity contribution in [3.05, 3.63) is 65.5 Å². The number of anilines is 1. The van der Waals surface area contributed by atoms with Crippen LogP contribution in [0.1, 0.15) is 51.2 Å². The van der Waals surface area contributed by atoms with Crippen LogP contribution in [0.25, 0.3) is 0 Å². The zero-order valence-electron chi connectivity index (χ0n) is 21.0. The van der Waals surface area contributed by atoms with Crippen molar-refractivity contribution < 1.29 is 22.4 Å². The maximum Gasteiger partial charge on any atom is 0.242 e. The van der Waals surface area contributed by atoms with E-state index in [1.807, 2.05) is 26.0 Å². The molecule has 2 rings (SSSR count). The number of nitrogens with one attached hydrogen (secondary N) is 1. The minimum Gasteiger partial charge on any atom is -0.354 e. The van der Waals surface area contributed by atoms with E-state index < -0.39 is 16.1 Å². The Kier molecular flexibility index (Phi) is 10.7. The normalized spacial score (nSPS) is 12.1. The Morgan fingerprint density at radius 1 is 1.00 bits per heavy atom. The van der Waals surface area contributed by atoms with Gasteiger partial charge in [-0.1, -0.05) is 38.1 Å². The van der Waals surface area contributed by atoms with E-state index >= 15 is 0 Å². The zero-order chi connectivity index (χ0) is 26.0. The second-order valence-electron chi connectivity index (χ2n) is 8.57. The lowest BCUT2D eigenvalue weighted by molar-refractivity contribution is -0.140. The molecule has 35 heavy (non-hydrogen) atoms. The highest BCUT2D eigenvalue weighted by Crippen LogP contribution is 2.20. The molecule has 0 fully saturated rings. The molecule has 9 heteroatoms. The molecule has 192 valence electrons. The fraction of sp³-hybridized carbons (Fsp3) is 0.462. The number of benzene rings is 2. The fourth-order valence-corrected chi connectivity index (χ4v) is 4.63. The first-order valence-corrected chi connectivity index (χ1v) is 13.8. The number of carbonyl (C=O) groups is 2. The van der Waals surface area contributed by atoms with E-state index in [4.69, 9.17) is 0 Å². The van der Waals surface area contributed by atoms with Crippen LogP contribution in [0.3, 0.4) is 0 Å². The SMILES string of the molecule is CCCNC(=O)C(C)N(Cc1ccc(F)cc1)C(=O)CCCN(c1ccc(CC)cc1)S(C)(=O)=O. The summed E-state index contributed by atoms with van der Waals surface area (Å²) in [5.74, 6) is -0.924. The monoisotopic (exact) mass is 505 g/mol. The van der Waals surface area contributed by atoms with Crippen LogP contribution < -0.4 is 9.62 Å². The topological polar surface area (TPSA) is 86.8 Å². The second kappa shape index (κ2) is 13.2. The molecule has 0 spiro atoms. The van der Waals surface area contributed by atoms with Gasteiger partial charge in [0.25, 0.3) is 0 Å². The summed E-state index contributed by atoms with van der Waals surface area (Å²) in [6.07, 6.45) is 3.10. The van der Waals surface area contributed by atoms with Gasteiger partial charge in [0.2, 0.25) is 21.8 Å². The molecule has 0 heterocycles. The average molecular weight is 506 g/mol. The van der Waals surface area contributed by atoms with E-state index in [0.717, 1.165) is 24.7 Å². The first-order valence-electron chi connectivity index (χ1n) is 11.9. The Labute approximate surface area is 208 Å². The summed E-state index contributed by atoms with van der Waals surface area (Å²) in [5.41, 5.74) is 2.35. The smallest absolute Gasteiger partial charge is 0.242 e. The minimum absolute atomic E-state index is 0.0612. The van der Waals surface area contributed by atoms with Gasteiger partial charge < -0.3 is 10.2 Å². The number of halogens is 1. The van der Waals surface area contributed by atoms with Crippen molar-refractivity contribution in [3.63, 3.8) is 0 Å². The molecule has 2 aromatic carbocycles. The van der Waals surface area contributed by atoms with Gasteiger partial charge in [-0.2, -0.15) is 0 Å². The molecule has 1 unspecified atom stereocenters. The summed E-state index contributed by atoms with van der Waals surface area (Å²) in [6, 6.07) is 12.4. The van der Waals surface area contributed by atoms with Crippen LogP contribution in [0.15, 0.2) is 48.5 Å². The predicted octanol–water partition coefficient (Wildman–Crippen LogP) is 3.88. The Hall–Kier alpha value is -2.94. The molecule has 7 nitrogen and oxygen atoms in total. The zero-order valence-corrected chi connectivity index (χ0v) is 21.8. The molecule has 0 bridgehead atoms. The van der Waals surface area contributed by atoms with Gasteiger partial charge in [-0.05, 0) is 61.6 Å². The van der Waals surface area contributed by atoms with Crippen molar-refractivity contribution in [2.24, 2.45) is 0 Å². The van der Waals surface area contributed by atoms with Crippen molar-refractivity contribution >= 4 is 27.5 Å². The molecular weight excluding hydrogens is 469 g/mol. The molecule has 0 aliphatic heterocycles. The van der Waals surface area contributed by atoms with Crippen molar-refractivity contribution in [1.82, 2.24) is 10.2 Å². The summed E-state index contributed by atoms with van der Waals surface area (Å²) in [4.78, 5) is 27.2. The van der Waals surface area contributed by atoms with E-state index in [-0.39, 0.29) is 43.6 Å². The Morgan fingerprint density at radius 2 is 1.60 bits per heavy atom. The standard InChI is InChI=1S/C26H36FN3O4S/c1-5-17-28-26(32)20(3)29(19-22-9-13-23(27)14-10-22)25(31)8-7-18-30(35(4,33)34)24-15-11-21(6-2)12-16-24/h9-16,20H,5-8,17-19H2,1-4H3,(H,28,32). The van der Waals surface area contributed by atoms with E-state index in [2.05, 4.69) is 5.32 Å². The van der Waals surface area contributed by atoms with E-state index in [1.54, 1.807) is 31.2 Å². The van der Waals surface area contributed by atoms with Gasteiger partial charge in [-0.3, -0.25) is 13.9 Å². The molecule has 2 amide bonds. The Balaban J connectivity index is 2.14. The van der Waals surface area contributed by atoms with Crippen molar-refractivity contribution in [3.8, 4) is 0 Å². The number of amides is 2. The molecule has 2 aromatic rings. The largest absolute Gasteiger partial charge is 0.354 e. The third-order valence-electron chi connectivity index (χ3n) is 5.77. The lowest BCUT2D eigenvalue weighted by Crippen LogP contribution is -2.47. The highest BCUT2D eigenvalue weighted by Gasteiger charge is 2.26. The quantitative estimate of drug-likeness (QED) is 0.448. The fourth-order valence-electron chi connectivity index (χ4n) is 3.67. The van der Waals surface area contributed by atoms with Crippen molar-refractivity contribution in [1.29, 1.82) is 0 Å². The summed E-state index contributed by atoms with van der Waals surface area (Å²) in [7, 11) is -3.54. The van der Waals surface area contributed by atoms with Crippen LogP contribution >= 0.6 is 0 Å². The second-order valence-corrected chi connectivity index (χ2v) is 10.5. The summed E-state index contributed by atoms with van der Waals surface area (Å²) >= 11 is 0. The Bertz CT molecular complexity index is 1070. The van der Waals surface area contributed by atoms with E-state index in [9.17, 15) is 22.4 Å². The highest BCUT2D eigenvalue weighted by molar-refractivity contribution is 7.92. The Morgan fingerprint density at radius 3 is 2.14 bits per heavy atom. The van der Waals surface area contributed by atoms with Gasteiger partial charge in [0.15, 0.2) is 0 Å². The number of nitrogens with zero attached hydrogens (tertiary/aromatic N) is 2. The third kappa shape index (κ3) is 8.65. The van der Waals surface area contributed by atoms with Crippen molar-refractivity contribution in [2.75, 3.05) is 23.7 Å². The number of sulfonamides is 1. The van der Waals surface area contributed by atoms with Gasteiger partial charge in [0.1, 0.15) is 11.9 Å². The van der Waals surface area contributed by atoms with Crippen LogP contribution in [-0.4, -0.2) is 50.5 Å². The molecule has 0 aliphatic rings. The summed E-state index contributed by atoms with van der Waals surface area (Å²) < 4.78 is 39.4. The van der Waals surface area contributed by atoms with Crippen molar-refractivity contribution in [2.45, 2.75) is 59.0 Å². The first-order chi connectivity index (χ1) is 16.6. The molecular formula is C26H36FN3O4S. The number of hydrogen-bond acceptors (Lipinski definition) is 4. The average Bonchev–Trinajstić information content (AvgIpc) is 2.83. The molecule has 1 N–H and O–H groups in total. The summed E-state index contributed by atoms with van der Waals surface area (Å²) in [5, 5.41) is 2.81. The van der Waals surface area contributed by atoms with Crippen LogP contribution in [0.5, 0.6) is 0 Å².